The summed E-state index contributed by atoms with van der Waals surface area (Å²) in [5.41, 5.74) is 3.87. The number of benzene rings is 1. The zero-order valence-electron chi connectivity index (χ0n) is 21.7. The molecule has 1 aliphatic heterocycles. The number of alkyl halides is 1. The van der Waals surface area contributed by atoms with Crippen molar-refractivity contribution >= 4 is 44.3 Å². The molecule has 3 aromatic heterocycles. The molecule has 9 nitrogen and oxygen atoms in total. The highest BCUT2D eigenvalue weighted by atomic mass is 79.9. The van der Waals surface area contributed by atoms with E-state index in [0.29, 0.717) is 26.9 Å². The maximum Gasteiger partial charge on any atom is 0.245 e. The van der Waals surface area contributed by atoms with Gasteiger partial charge in [-0.3, -0.25) is 24.0 Å². The van der Waals surface area contributed by atoms with Gasteiger partial charge < -0.3 is 4.90 Å². The zero-order chi connectivity index (χ0) is 27.8. The summed E-state index contributed by atoms with van der Waals surface area (Å²) in [6, 6.07) is 6.40. The van der Waals surface area contributed by atoms with E-state index < -0.39 is 18.1 Å². The minimum Gasteiger partial charge on any atom is -0.328 e. The van der Waals surface area contributed by atoms with Gasteiger partial charge in [-0.1, -0.05) is 6.07 Å². The first kappa shape index (κ1) is 26.7. The highest BCUT2D eigenvalue weighted by molar-refractivity contribution is 9.10. The predicted molar refractivity (Wildman–Crippen MR) is 146 cm³/mol. The van der Waals surface area contributed by atoms with Gasteiger partial charge in [0.05, 0.1) is 30.2 Å². The van der Waals surface area contributed by atoms with Gasteiger partial charge in [0, 0.05) is 47.4 Å². The van der Waals surface area contributed by atoms with Crippen molar-refractivity contribution in [1.82, 2.24) is 29.6 Å². The Kier molecular flexibility index (Phi) is 7.35. The van der Waals surface area contributed by atoms with E-state index in [0.717, 1.165) is 16.7 Å². The molecule has 11 heteroatoms. The van der Waals surface area contributed by atoms with Crippen molar-refractivity contribution in [2.45, 2.75) is 52.4 Å². The number of hydrogen-bond donors (Lipinski definition) is 0. The van der Waals surface area contributed by atoms with E-state index in [4.69, 9.17) is 0 Å². The van der Waals surface area contributed by atoms with Crippen LogP contribution in [0, 0.1) is 13.8 Å². The van der Waals surface area contributed by atoms with Gasteiger partial charge in [0.1, 0.15) is 24.2 Å². The first-order valence-electron chi connectivity index (χ1n) is 12.5. The van der Waals surface area contributed by atoms with E-state index in [2.05, 4.69) is 36.0 Å². The van der Waals surface area contributed by atoms with Gasteiger partial charge in [-0.15, -0.1) is 0 Å². The average Bonchev–Trinajstić information content (AvgIpc) is 3.46. The Labute approximate surface area is 232 Å². The standard InChI is InChI=1S/C28H26BrFN6O3/c1-15-6-22(29)23(33-10-15)9-26(38)25-8-20(30)13-35(25)27(39)14-36-24-5-4-18(19-11-31-17(3)32-12-19)7-21(24)28(34-36)16(2)37/h4-7,10-12,20,25H,8-9,13-14H2,1-3H3/t20-,25+/m1/s1. The molecule has 0 unspecified atom stereocenters. The lowest BCUT2D eigenvalue weighted by Gasteiger charge is -2.23. The highest BCUT2D eigenvalue weighted by Crippen LogP contribution is 2.28. The van der Waals surface area contributed by atoms with Crippen molar-refractivity contribution in [2.75, 3.05) is 6.54 Å². The first-order valence-corrected chi connectivity index (χ1v) is 13.3. The number of Topliss-reactive ketones (excluding diaryl/α,β-unsaturated/α-hetero) is 2. The van der Waals surface area contributed by atoms with Gasteiger partial charge >= 0.3 is 0 Å². The van der Waals surface area contributed by atoms with E-state index in [9.17, 15) is 18.8 Å². The van der Waals surface area contributed by atoms with Crippen LogP contribution in [0.1, 0.15) is 40.9 Å². The molecule has 1 amide bonds. The topological polar surface area (TPSA) is 111 Å². The summed E-state index contributed by atoms with van der Waals surface area (Å²) >= 11 is 3.43. The maximum absolute atomic E-state index is 14.5. The lowest BCUT2D eigenvalue weighted by atomic mass is 10.0. The monoisotopic (exact) mass is 592 g/mol. The van der Waals surface area contributed by atoms with E-state index in [1.165, 1.54) is 16.5 Å². The Morgan fingerprint density at radius 2 is 1.79 bits per heavy atom. The fraction of sp³-hybridized carbons (Fsp3) is 0.321. The Balaban J connectivity index is 1.41. The number of ketones is 2. The van der Waals surface area contributed by atoms with Gasteiger partial charge in [-0.05, 0) is 59.1 Å². The molecular weight excluding hydrogens is 567 g/mol. The molecule has 4 aromatic rings. The lowest BCUT2D eigenvalue weighted by molar-refractivity contribution is -0.138. The SMILES string of the molecule is CC(=O)c1nn(CC(=O)N2C[C@H](F)C[C@H]2C(=O)Cc2ncc(C)cc2Br)c2ccc(-c3cnc(C)nc3)cc12. The summed E-state index contributed by atoms with van der Waals surface area (Å²) < 4.78 is 16.6. The van der Waals surface area contributed by atoms with Crippen molar-refractivity contribution in [3.63, 3.8) is 0 Å². The number of fused-ring (bicyclic) bond motifs is 1. The number of amides is 1. The third-order valence-corrected chi connectivity index (χ3v) is 7.51. The number of nitrogens with zero attached hydrogens (tertiary/aromatic N) is 6. The molecule has 0 bridgehead atoms. The quantitative estimate of drug-likeness (QED) is 0.295. The second-order valence-corrected chi connectivity index (χ2v) is 10.6. The number of hydrogen-bond acceptors (Lipinski definition) is 7. The van der Waals surface area contributed by atoms with Crippen molar-refractivity contribution in [1.29, 1.82) is 0 Å². The van der Waals surface area contributed by atoms with Gasteiger partial charge in [0.2, 0.25) is 5.91 Å². The van der Waals surface area contributed by atoms with Crippen LogP contribution in [0.15, 0.2) is 47.3 Å². The Morgan fingerprint density at radius 3 is 2.49 bits per heavy atom. The third kappa shape index (κ3) is 5.49. The maximum atomic E-state index is 14.5. The molecule has 200 valence electrons. The molecule has 1 aliphatic rings. The highest BCUT2D eigenvalue weighted by Gasteiger charge is 2.40. The molecule has 1 saturated heterocycles. The van der Waals surface area contributed by atoms with Crippen LogP contribution in [0.4, 0.5) is 4.39 Å². The molecule has 0 aliphatic carbocycles. The lowest BCUT2D eigenvalue weighted by Crippen LogP contribution is -2.43. The summed E-state index contributed by atoms with van der Waals surface area (Å²) in [5, 5.41) is 5.00. The minimum atomic E-state index is -1.31. The van der Waals surface area contributed by atoms with E-state index in [-0.39, 0.29) is 43.2 Å². The summed E-state index contributed by atoms with van der Waals surface area (Å²) in [4.78, 5) is 53.0. The number of aromatic nitrogens is 5. The van der Waals surface area contributed by atoms with Crippen LogP contribution in [0.2, 0.25) is 0 Å². The van der Waals surface area contributed by atoms with Crippen LogP contribution in [0.3, 0.4) is 0 Å². The van der Waals surface area contributed by atoms with Gasteiger partial charge in [0.15, 0.2) is 11.6 Å². The van der Waals surface area contributed by atoms with E-state index in [1.807, 2.05) is 25.1 Å². The number of carbonyl (C=O) groups excluding carboxylic acids is 3. The largest absolute Gasteiger partial charge is 0.328 e. The van der Waals surface area contributed by atoms with Crippen LogP contribution in [0.25, 0.3) is 22.0 Å². The minimum absolute atomic E-state index is 0.0211. The molecule has 4 heterocycles. The number of rotatable bonds is 7. The van der Waals surface area contributed by atoms with Crippen LogP contribution in [-0.4, -0.2) is 65.9 Å². The van der Waals surface area contributed by atoms with E-state index >= 15 is 0 Å². The fourth-order valence-corrected chi connectivity index (χ4v) is 5.44. The molecular formula is C28H26BrFN6O3. The molecule has 0 saturated carbocycles. The number of halogens is 2. The normalized spacial score (nSPS) is 17.1. The molecule has 5 rings (SSSR count). The summed E-state index contributed by atoms with van der Waals surface area (Å²) in [5.74, 6) is -0.328. The zero-order valence-corrected chi connectivity index (χ0v) is 23.3. The average molecular weight is 593 g/mol. The number of pyridine rings is 1. The number of likely N-dealkylation sites (tertiary alicyclic amines) is 1. The second-order valence-electron chi connectivity index (χ2n) is 9.79. The Morgan fingerprint density at radius 1 is 1.05 bits per heavy atom. The fourth-order valence-electron chi connectivity index (χ4n) is 4.84. The molecule has 0 N–H and O–H groups in total. The van der Waals surface area contributed by atoms with Crippen molar-refractivity contribution in [2.24, 2.45) is 0 Å². The Bertz CT molecular complexity index is 1600. The van der Waals surface area contributed by atoms with Gasteiger partial charge in [-0.25, -0.2) is 14.4 Å². The van der Waals surface area contributed by atoms with Crippen LogP contribution < -0.4 is 0 Å². The Hall–Kier alpha value is -3.86. The second kappa shape index (κ2) is 10.7. The van der Waals surface area contributed by atoms with Crippen LogP contribution in [0.5, 0.6) is 0 Å². The van der Waals surface area contributed by atoms with Gasteiger partial charge in [-0.2, -0.15) is 5.10 Å². The summed E-state index contributed by atoms with van der Waals surface area (Å²) in [7, 11) is 0. The van der Waals surface area contributed by atoms with Crippen LogP contribution in [-0.2, 0) is 22.6 Å². The van der Waals surface area contributed by atoms with E-state index in [1.54, 1.807) is 31.6 Å². The summed E-state index contributed by atoms with van der Waals surface area (Å²) in [6.45, 7) is 4.69. The molecule has 0 radical (unpaired) electrons. The molecule has 0 spiro atoms. The smallest absolute Gasteiger partial charge is 0.245 e. The third-order valence-electron chi connectivity index (χ3n) is 6.82. The van der Waals surface area contributed by atoms with Crippen molar-refractivity contribution < 1.29 is 18.8 Å². The predicted octanol–water partition coefficient (Wildman–Crippen LogP) is 4.22. The number of carbonyl (C=O) groups is 3. The first-order chi connectivity index (χ1) is 18.6. The molecule has 1 aromatic carbocycles. The van der Waals surface area contributed by atoms with Gasteiger partial charge in [0.25, 0.3) is 0 Å². The molecule has 1 fully saturated rings. The number of aryl methyl sites for hydroxylation is 2. The molecule has 39 heavy (non-hydrogen) atoms. The van der Waals surface area contributed by atoms with Crippen LogP contribution >= 0.6 is 15.9 Å². The summed E-state index contributed by atoms with van der Waals surface area (Å²) in [6.07, 6.45) is 3.68. The van der Waals surface area contributed by atoms with Crippen molar-refractivity contribution in [3.8, 4) is 11.1 Å². The van der Waals surface area contributed by atoms with Crippen molar-refractivity contribution in [3.05, 3.63) is 70.1 Å². The molecule has 2 atom stereocenters.